The van der Waals surface area contributed by atoms with E-state index in [0.29, 0.717) is 5.69 Å². The van der Waals surface area contributed by atoms with E-state index < -0.39 is 11.8 Å². The van der Waals surface area contributed by atoms with Gasteiger partial charge in [-0.25, -0.2) is 13.9 Å². The number of aromatic carboxylic acids is 1. The molecule has 2 aromatic rings. The molecule has 1 aromatic carbocycles. The summed E-state index contributed by atoms with van der Waals surface area (Å²) in [7, 11) is 0. The average Bonchev–Trinajstić information content (AvgIpc) is 2.92. The highest BCUT2D eigenvalue weighted by atomic mass is 19.1. The van der Waals surface area contributed by atoms with Crippen LogP contribution in [0.25, 0.3) is 5.69 Å². The maximum absolute atomic E-state index is 13.3. The number of rotatable bonds is 4. The molecule has 1 heterocycles. The molecule has 0 atom stereocenters. The quantitative estimate of drug-likeness (QED) is 0.940. The lowest BCUT2D eigenvalue weighted by Crippen LogP contribution is -2.21. The summed E-state index contributed by atoms with van der Waals surface area (Å²) in [6.45, 7) is 0. The van der Waals surface area contributed by atoms with Crippen molar-refractivity contribution in [1.82, 2.24) is 9.78 Å². The van der Waals surface area contributed by atoms with Gasteiger partial charge in [-0.05, 0) is 43.9 Å². The molecule has 1 fully saturated rings. The van der Waals surface area contributed by atoms with Crippen molar-refractivity contribution in [1.29, 1.82) is 0 Å². The predicted octanol–water partition coefficient (Wildman–Crippen LogP) is 3.42. The molecule has 1 aromatic heterocycles. The summed E-state index contributed by atoms with van der Waals surface area (Å²) in [6.07, 6.45) is 6.62. The predicted molar refractivity (Wildman–Crippen MR) is 78.0 cm³/mol. The first-order valence-corrected chi connectivity index (χ1v) is 7.39. The normalized spacial score (nSPS) is 15.7. The number of benzene rings is 1. The molecular formula is C16H17FN2O3. The van der Waals surface area contributed by atoms with Gasteiger partial charge in [0.1, 0.15) is 5.82 Å². The van der Waals surface area contributed by atoms with E-state index in [0.717, 1.165) is 25.7 Å². The fourth-order valence-corrected chi connectivity index (χ4v) is 2.78. The van der Waals surface area contributed by atoms with Gasteiger partial charge in [0.15, 0.2) is 11.4 Å². The van der Waals surface area contributed by atoms with E-state index in [9.17, 15) is 14.3 Å². The molecule has 3 rings (SSSR count). The second-order valence-corrected chi connectivity index (χ2v) is 5.43. The van der Waals surface area contributed by atoms with E-state index in [1.165, 1.54) is 35.5 Å². The Morgan fingerprint density at radius 2 is 2.09 bits per heavy atom. The van der Waals surface area contributed by atoms with E-state index >= 15 is 0 Å². The lowest BCUT2D eigenvalue weighted by Gasteiger charge is -2.22. The summed E-state index contributed by atoms with van der Waals surface area (Å²) in [4.78, 5) is 11.6. The van der Waals surface area contributed by atoms with Gasteiger partial charge < -0.3 is 9.84 Å². The van der Waals surface area contributed by atoms with E-state index in [4.69, 9.17) is 4.74 Å². The summed E-state index contributed by atoms with van der Waals surface area (Å²) in [5.74, 6) is -1.35. The van der Waals surface area contributed by atoms with Crippen LogP contribution in [-0.4, -0.2) is 27.0 Å². The van der Waals surface area contributed by atoms with Crippen LogP contribution < -0.4 is 4.74 Å². The third-order valence-corrected chi connectivity index (χ3v) is 3.84. The zero-order valence-corrected chi connectivity index (χ0v) is 12.0. The number of carbonyl (C=O) groups is 1. The minimum atomic E-state index is -1.15. The van der Waals surface area contributed by atoms with Crippen molar-refractivity contribution < 1.29 is 19.0 Å². The molecule has 1 aliphatic rings. The standard InChI is InChI=1S/C16H17FN2O3/c17-11-5-4-6-12(9-11)19-15(16(20)21)14(10-18-19)22-13-7-2-1-3-8-13/h4-6,9-10,13H,1-3,7-8H2,(H,20,21). The van der Waals surface area contributed by atoms with Crippen molar-refractivity contribution in [3.8, 4) is 11.4 Å². The number of hydrogen-bond donors (Lipinski definition) is 1. The summed E-state index contributed by atoms with van der Waals surface area (Å²) < 4.78 is 20.4. The summed E-state index contributed by atoms with van der Waals surface area (Å²) >= 11 is 0. The number of aromatic nitrogens is 2. The minimum absolute atomic E-state index is 0.0250. The monoisotopic (exact) mass is 304 g/mol. The molecule has 5 nitrogen and oxygen atoms in total. The van der Waals surface area contributed by atoms with Gasteiger partial charge in [0.2, 0.25) is 0 Å². The minimum Gasteiger partial charge on any atom is -0.486 e. The fraction of sp³-hybridized carbons (Fsp3) is 0.375. The highest BCUT2D eigenvalue weighted by Gasteiger charge is 2.24. The number of hydrogen-bond acceptors (Lipinski definition) is 3. The van der Waals surface area contributed by atoms with Crippen LogP contribution in [0.15, 0.2) is 30.5 Å². The Balaban J connectivity index is 1.93. The average molecular weight is 304 g/mol. The van der Waals surface area contributed by atoms with Gasteiger partial charge in [0.05, 0.1) is 18.0 Å². The Kier molecular flexibility index (Phi) is 4.09. The Morgan fingerprint density at radius 1 is 1.32 bits per heavy atom. The highest BCUT2D eigenvalue weighted by Crippen LogP contribution is 2.27. The van der Waals surface area contributed by atoms with E-state index in [-0.39, 0.29) is 17.5 Å². The first-order valence-electron chi connectivity index (χ1n) is 7.39. The van der Waals surface area contributed by atoms with Crippen LogP contribution in [0.1, 0.15) is 42.6 Å². The number of carboxylic acid groups (broad SMARTS) is 1. The van der Waals surface area contributed by atoms with Gasteiger partial charge in [-0.3, -0.25) is 0 Å². The summed E-state index contributed by atoms with van der Waals surface area (Å²) in [5.41, 5.74) is 0.284. The van der Waals surface area contributed by atoms with Crippen LogP contribution in [0.5, 0.6) is 5.75 Å². The SMILES string of the molecule is O=C(O)c1c(OC2CCCCC2)cnn1-c1cccc(F)c1. The van der Waals surface area contributed by atoms with Gasteiger partial charge in [-0.15, -0.1) is 0 Å². The van der Waals surface area contributed by atoms with Gasteiger partial charge in [0.25, 0.3) is 0 Å². The van der Waals surface area contributed by atoms with E-state index in [2.05, 4.69) is 5.10 Å². The highest BCUT2D eigenvalue weighted by molar-refractivity contribution is 5.89. The second-order valence-electron chi connectivity index (χ2n) is 5.43. The maximum Gasteiger partial charge on any atom is 0.358 e. The molecule has 0 aliphatic heterocycles. The van der Waals surface area contributed by atoms with E-state index in [1.807, 2.05) is 0 Å². The molecule has 116 valence electrons. The van der Waals surface area contributed by atoms with Crippen LogP contribution in [0.3, 0.4) is 0 Å². The Bertz CT molecular complexity index is 678. The molecule has 0 radical (unpaired) electrons. The Labute approximate surface area is 127 Å². The molecule has 0 spiro atoms. The lowest BCUT2D eigenvalue weighted by atomic mass is 9.98. The van der Waals surface area contributed by atoms with Crippen molar-refractivity contribution in [3.63, 3.8) is 0 Å². The first kappa shape index (κ1) is 14.6. The van der Waals surface area contributed by atoms with Gasteiger partial charge >= 0.3 is 5.97 Å². The van der Waals surface area contributed by atoms with Crippen LogP contribution in [0.2, 0.25) is 0 Å². The molecule has 1 aliphatic carbocycles. The molecular weight excluding hydrogens is 287 g/mol. The summed E-state index contributed by atoms with van der Waals surface area (Å²) in [5, 5.41) is 13.5. The Morgan fingerprint density at radius 3 is 2.77 bits per heavy atom. The number of halogens is 1. The summed E-state index contributed by atoms with van der Waals surface area (Å²) in [6, 6.07) is 5.66. The zero-order chi connectivity index (χ0) is 15.5. The third-order valence-electron chi connectivity index (χ3n) is 3.84. The van der Waals surface area contributed by atoms with Crippen LogP contribution in [-0.2, 0) is 0 Å². The molecule has 0 amide bonds. The van der Waals surface area contributed by atoms with Crippen LogP contribution in [0, 0.1) is 5.82 Å². The maximum atomic E-state index is 13.3. The number of ether oxygens (including phenoxy) is 1. The molecule has 0 unspecified atom stereocenters. The first-order chi connectivity index (χ1) is 10.6. The van der Waals surface area contributed by atoms with Gasteiger partial charge in [0, 0.05) is 0 Å². The molecule has 0 bridgehead atoms. The van der Waals surface area contributed by atoms with Crippen LogP contribution in [0.4, 0.5) is 4.39 Å². The largest absolute Gasteiger partial charge is 0.486 e. The van der Waals surface area contributed by atoms with Crippen molar-refractivity contribution >= 4 is 5.97 Å². The smallest absolute Gasteiger partial charge is 0.358 e. The Hall–Kier alpha value is -2.37. The fourth-order valence-electron chi connectivity index (χ4n) is 2.78. The molecule has 1 N–H and O–H groups in total. The number of nitrogens with zero attached hydrogens (tertiary/aromatic N) is 2. The molecule has 6 heteroatoms. The molecule has 0 saturated heterocycles. The topological polar surface area (TPSA) is 64.3 Å². The zero-order valence-electron chi connectivity index (χ0n) is 12.0. The van der Waals surface area contributed by atoms with Crippen molar-refractivity contribution in [2.75, 3.05) is 0 Å². The molecule has 22 heavy (non-hydrogen) atoms. The number of carboxylic acids is 1. The second kappa shape index (κ2) is 6.17. The van der Waals surface area contributed by atoms with Gasteiger partial charge in [-0.1, -0.05) is 12.5 Å². The van der Waals surface area contributed by atoms with Crippen molar-refractivity contribution in [2.24, 2.45) is 0 Å². The molecule has 1 saturated carbocycles. The van der Waals surface area contributed by atoms with E-state index in [1.54, 1.807) is 6.07 Å². The van der Waals surface area contributed by atoms with Crippen LogP contribution >= 0.6 is 0 Å². The van der Waals surface area contributed by atoms with Crippen molar-refractivity contribution in [2.45, 2.75) is 38.2 Å². The van der Waals surface area contributed by atoms with Crippen molar-refractivity contribution in [3.05, 3.63) is 42.0 Å². The third kappa shape index (κ3) is 2.95. The lowest BCUT2D eigenvalue weighted by molar-refractivity contribution is 0.0676. The van der Waals surface area contributed by atoms with Gasteiger partial charge in [-0.2, -0.15) is 5.10 Å².